The van der Waals surface area contributed by atoms with Crippen molar-refractivity contribution in [2.75, 3.05) is 5.75 Å². The van der Waals surface area contributed by atoms with Crippen molar-refractivity contribution in [2.24, 2.45) is 4.99 Å². The van der Waals surface area contributed by atoms with E-state index in [4.69, 9.17) is 0 Å². The summed E-state index contributed by atoms with van der Waals surface area (Å²) in [4.78, 5) is 5.02. The van der Waals surface area contributed by atoms with Gasteiger partial charge in [-0.05, 0) is 12.1 Å². The Balaban J connectivity index is 2.06. The summed E-state index contributed by atoms with van der Waals surface area (Å²) in [7, 11) is -0.955. The number of benzene rings is 1. The molecule has 0 fully saturated rings. The Bertz CT molecular complexity index is 395. The molecule has 1 aliphatic heterocycles. The maximum Gasteiger partial charge on any atom is 0.0702 e. The minimum Gasteiger partial charge on any atom is -0.265 e. The Morgan fingerprint density at radius 3 is 2.71 bits per heavy atom. The van der Waals surface area contributed by atoms with Crippen LogP contribution in [0, 0.1) is 0 Å². The second kappa shape index (κ2) is 4.33. The van der Waals surface area contributed by atoms with Gasteiger partial charge in [-0.15, -0.1) is 0 Å². The normalized spacial score (nSPS) is 16.7. The van der Waals surface area contributed by atoms with Crippen molar-refractivity contribution in [3.8, 4) is 0 Å². The summed E-state index contributed by atoms with van der Waals surface area (Å²) in [5, 5.41) is 0. The zero-order valence-electron chi connectivity index (χ0n) is 7.72. The van der Waals surface area contributed by atoms with Crippen molar-refractivity contribution < 1.29 is 4.21 Å². The van der Waals surface area contributed by atoms with Crippen molar-refractivity contribution in [1.82, 2.24) is 0 Å². The van der Waals surface area contributed by atoms with Gasteiger partial charge in [0.25, 0.3) is 0 Å². The Morgan fingerprint density at radius 2 is 2.07 bits per heavy atom. The van der Waals surface area contributed by atoms with Gasteiger partial charge < -0.3 is 0 Å². The first-order valence-electron chi connectivity index (χ1n) is 4.51. The molecule has 14 heavy (non-hydrogen) atoms. The molecule has 0 radical (unpaired) electrons. The first kappa shape index (κ1) is 9.34. The van der Waals surface area contributed by atoms with Crippen LogP contribution in [-0.4, -0.2) is 16.2 Å². The number of aliphatic imine (C=N–C) groups is 1. The molecule has 0 aliphatic carbocycles. The average molecular weight is 205 g/mol. The molecule has 1 atom stereocenters. The quantitative estimate of drug-likeness (QED) is 0.743. The Kier molecular flexibility index (Phi) is 2.89. The smallest absolute Gasteiger partial charge is 0.0702 e. The molecule has 0 aromatic heterocycles. The summed E-state index contributed by atoms with van der Waals surface area (Å²) in [5.74, 6) is 0.528. The van der Waals surface area contributed by atoms with E-state index in [1.165, 1.54) is 0 Å². The lowest BCUT2D eigenvalue weighted by atomic mass is 10.4. The van der Waals surface area contributed by atoms with E-state index in [-0.39, 0.29) is 0 Å². The molecule has 1 heterocycles. The third kappa shape index (κ3) is 2.17. The summed E-state index contributed by atoms with van der Waals surface area (Å²) < 4.78 is 11.8. The molecule has 1 aromatic rings. The minimum absolute atomic E-state index is 0.528. The molecule has 3 heteroatoms. The lowest BCUT2D eigenvalue weighted by Crippen LogP contribution is -1.98. The number of allylic oxidation sites excluding steroid dienone is 1. The van der Waals surface area contributed by atoms with Crippen LogP contribution in [0.25, 0.3) is 0 Å². The van der Waals surface area contributed by atoms with Crippen molar-refractivity contribution >= 4 is 17.0 Å². The number of rotatable bonds is 3. The van der Waals surface area contributed by atoms with Crippen LogP contribution in [0.15, 0.2) is 52.0 Å². The molecule has 0 bridgehead atoms. The third-order valence-corrected chi connectivity index (χ3v) is 3.36. The van der Waals surface area contributed by atoms with Crippen LogP contribution >= 0.6 is 0 Å². The van der Waals surface area contributed by atoms with Crippen molar-refractivity contribution in [2.45, 2.75) is 11.3 Å². The predicted octanol–water partition coefficient (Wildman–Crippen LogP) is 2.15. The third-order valence-electron chi connectivity index (χ3n) is 2.00. The van der Waals surface area contributed by atoms with E-state index in [2.05, 4.69) is 4.99 Å². The van der Waals surface area contributed by atoms with Crippen LogP contribution in [0.3, 0.4) is 0 Å². The van der Waals surface area contributed by atoms with Gasteiger partial charge in [-0.25, -0.2) is 0 Å². The van der Waals surface area contributed by atoms with Crippen molar-refractivity contribution in [3.63, 3.8) is 0 Å². The zero-order chi connectivity index (χ0) is 9.80. The van der Waals surface area contributed by atoms with Gasteiger partial charge in [0.15, 0.2) is 0 Å². The van der Waals surface area contributed by atoms with E-state index in [0.29, 0.717) is 5.75 Å². The van der Waals surface area contributed by atoms with E-state index in [1.54, 1.807) is 0 Å². The minimum atomic E-state index is -0.955. The molecule has 0 saturated heterocycles. The van der Waals surface area contributed by atoms with Crippen LogP contribution in [0.2, 0.25) is 0 Å². The Morgan fingerprint density at radius 1 is 1.29 bits per heavy atom. The van der Waals surface area contributed by atoms with Crippen LogP contribution in [0.5, 0.6) is 0 Å². The van der Waals surface area contributed by atoms with Gasteiger partial charge in [-0.3, -0.25) is 9.20 Å². The number of hydrogen-bond donors (Lipinski definition) is 0. The summed E-state index contributed by atoms with van der Waals surface area (Å²) in [6.07, 6.45) is 4.74. The average Bonchev–Trinajstić information content (AvgIpc) is 2.72. The standard InChI is InChI=1S/C11H11NOS/c13-14(9-10-5-4-8-12-10)11-6-2-1-3-7-11/h1-3,5-8H,4,9H2. The monoisotopic (exact) mass is 205 g/mol. The highest BCUT2D eigenvalue weighted by Gasteiger charge is 2.07. The van der Waals surface area contributed by atoms with E-state index in [1.807, 2.05) is 42.6 Å². The molecule has 0 amide bonds. The highest BCUT2D eigenvalue weighted by molar-refractivity contribution is 7.85. The van der Waals surface area contributed by atoms with E-state index >= 15 is 0 Å². The molecule has 2 rings (SSSR count). The summed E-state index contributed by atoms with van der Waals surface area (Å²) in [5.41, 5.74) is 0.937. The van der Waals surface area contributed by atoms with Crippen LogP contribution in [0.1, 0.15) is 6.42 Å². The highest BCUT2D eigenvalue weighted by Crippen LogP contribution is 2.12. The van der Waals surface area contributed by atoms with E-state index in [0.717, 1.165) is 17.0 Å². The second-order valence-corrected chi connectivity index (χ2v) is 4.50. The molecule has 0 spiro atoms. The number of nitrogens with zero attached hydrogens (tertiary/aromatic N) is 1. The van der Waals surface area contributed by atoms with Gasteiger partial charge in [0, 0.05) is 23.2 Å². The molecule has 1 aliphatic rings. The molecule has 2 nitrogen and oxygen atoms in total. The summed E-state index contributed by atoms with van der Waals surface area (Å²) >= 11 is 0. The van der Waals surface area contributed by atoms with Crippen LogP contribution in [-0.2, 0) is 10.8 Å². The van der Waals surface area contributed by atoms with Crippen LogP contribution in [0.4, 0.5) is 0 Å². The molecule has 0 saturated carbocycles. The summed E-state index contributed by atoms with van der Waals surface area (Å²) in [6.45, 7) is 0. The number of hydrogen-bond acceptors (Lipinski definition) is 2. The lowest BCUT2D eigenvalue weighted by Gasteiger charge is -2.00. The van der Waals surface area contributed by atoms with Gasteiger partial charge in [-0.2, -0.15) is 0 Å². The molecule has 1 unspecified atom stereocenters. The summed E-state index contributed by atoms with van der Waals surface area (Å²) in [6, 6.07) is 9.50. The fourth-order valence-electron chi connectivity index (χ4n) is 1.30. The van der Waals surface area contributed by atoms with Crippen LogP contribution < -0.4 is 0 Å². The van der Waals surface area contributed by atoms with E-state index < -0.39 is 10.8 Å². The highest BCUT2D eigenvalue weighted by atomic mass is 32.2. The molecular formula is C11H11NOS. The SMILES string of the molecule is O=S(CC1=CCC=N1)c1ccccc1. The predicted molar refractivity (Wildman–Crippen MR) is 58.9 cm³/mol. The van der Waals surface area contributed by atoms with Crippen molar-refractivity contribution in [1.29, 1.82) is 0 Å². The topological polar surface area (TPSA) is 29.4 Å². The Hall–Kier alpha value is -1.22. The molecule has 72 valence electrons. The van der Waals surface area contributed by atoms with E-state index in [9.17, 15) is 4.21 Å². The fraction of sp³-hybridized carbons (Fsp3) is 0.182. The maximum absolute atomic E-state index is 11.8. The van der Waals surface area contributed by atoms with Gasteiger partial charge in [0.05, 0.1) is 16.6 Å². The first-order chi connectivity index (χ1) is 6.86. The first-order valence-corrected chi connectivity index (χ1v) is 5.83. The Labute approximate surface area is 85.8 Å². The van der Waals surface area contributed by atoms with Crippen molar-refractivity contribution in [3.05, 3.63) is 42.1 Å². The largest absolute Gasteiger partial charge is 0.265 e. The van der Waals surface area contributed by atoms with Gasteiger partial charge >= 0.3 is 0 Å². The van der Waals surface area contributed by atoms with Gasteiger partial charge in [0.2, 0.25) is 0 Å². The van der Waals surface area contributed by atoms with Gasteiger partial charge in [-0.1, -0.05) is 24.3 Å². The zero-order valence-corrected chi connectivity index (χ0v) is 8.54. The maximum atomic E-state index is 11.8. The fourth-order valence-corrected chi connectivity index (χ4v) is 2.39. The second-order valence-electron chi connectivity index (χ2n) is 3.05. The van der Waals surface area contributed by atoms with Gasteiger partial charge in [0.1, 0.15) is 0 Å². The molecule has 1 aromatic carbocycles. The lowest BCUT2D eigenvalue weighted by molar-refractivity contribution is 0.684. The molecule has 0 N–H and O–H groups in total. The molecular weight excluding hydrogens is 194 g/mol.